The van der Waals surface area contributed by atoms with Crippen LogP contribution >= 0.6 is 23.2 Å². The molecule has 0 atom stereocenters. The van der Waals surface area contributed by atoms with Gasteiger partial charge < -0.3 is 25.3 Å². The van der Waals surface area contributed by atoms with Crippen LogP contribution in [0.25, 0.3) is 11.2 Å². The number of anilines is 2. The van der Waals surface area contributed by atoms with Gasteiger partial charge in [-0.15, -0.1) is 0 Å². The number of ether oxygens (including phenoxy) is 1. The zero-order valence-corrected chi connectivity index (χ0v) is 20.1. The number of fused-ring (bicyclic) bond motifs is 1. The highest BCUT2D eigenvalue weighted by Crippen LogP contribution is 2.38. The Balaban J connectivity index is 1.50. The van der Waals surface area contributed by atoms with E-state index in [1.807, 2.05) is 18.7 Å². The Hall–Kier alpha value is -2.92. The first-order valence-corrected chi connectivity index (χ1v) is 11.0. The van der Waals surface area contributed by atoms with E-state index in [-0.39, 0.29) is 28.0 Å². The van der Waals surface area contributed by atoms with Gasteiger partial charge in [-0.1, -0.05) is 23.2 Å². The molecule has 3 rings (SSSR count). The first-order valence-electron chi connectivity index (χ1n) is 10.2. The summed E-state index contributed by atoms with van der Waals surface area (Å²) in [6.07, 6.45) is -1.51. The highest BCUT2D eigenvalue weighted by molar-refractivity contribution is 6.42. The smallest absolute Gasteiger partial charge is 0.416 e. The number of aromatic nitrogens is 4. The first-order chi connectivity index (χ1) is 16.0. The van der Waals surface area contributed by atoms with Gasteiger partial charge in [-0.25, -0.2) is 4.98 Å². The van der Waals surface area contributed by atoms with E-state index in [1.165, 1.54) is 0 Å². The molecule has 0 saturated carbocycles. The van der Waals surface area contributed by atoms with Crippen molar-refractivity contribution in [2.24, 2.45) is 0 Å². The van der Waals surface area contributed by atoms with Crippen LogP contribution in [0.3, 0.4) is 0 Å². The van der Waals surface area contributed by atoms with Crippen molar-refractivity contribution < 1.29 is 17.9 Å². The molecule has 2 aromatic heterocycles. The minimum Gasteiger partial charge on any atom is -0.480 e. The predicted molar refractivity (Wildman–Crippen MR) is 127 cm³/mol. The monoisotopic (exact) mass is 517 g/mol. The Morgan fingerprint density at radius 1 is 1.24 bits per heavy atom. The summed E-state index contributed by atoms with van der Waals surface area (Å²) >= 11 is 11.9. The number of imidazole rings is 1. The number of nitrogens with zero attached hydrogens (tertiary/aromatic N) is 5. The van der Waals surface area contributed by atoms with E-state index >= 15 is 0 Å². The second-order valence-corrected chi connectivity index (χ2v) is 8.42. The minimum absolute atomic E-state index is 0.0368. The van der Waals surface area contributed by atoms with E-state index in [0.29, 0.717) is 42.5 Å². The van der Waals surface area contributed by atoms with Crippen molar-refractivity contribution in [3.63, 3.8) is 0 Å². The molecule has 0 amide bonds. The molecule has 0 spiro atoms. The van der Waals surface area contributed by atoms with Crippen LogP contribution in [0.4, 0.5) is 24.9 Å². The molecule has 13 heteroatoms. The fourth-order valence-corrected chi connectivity index (χ4v) is 3.58. The van der Waals surface area contributed by atoms with Crippen LogP contribution in [-0.4, -0.2) is 40.2 Å². The standard InChI is InChI=1S/C21H24Cl2F3N7O/c1-12(28-10-13-14(21(24,25)26)6-7-15(22)16(13)23)34-9-5-4-8-33-11-29-17-18(27)30-20(32(2)3)31-19(17)33/h6-7,11,28H,1,4-5,8-10H2,2-3H3,(H2,27,30,31). The molecule has 0 aliphatic rings. The number of benzene rings is 1. The summed E-state index contributed by atoms with van der Waals surface area (Å²) in [5.41, 5.74) is 6.12. The van der Waals surface area contributed by atoms with E-state index in [1.54, 1.807) is 11.2 Å². The molecule has 3 aromatic rings. The van der Waals surface area contributed by atoms with Crippen LogP contribution in [0, 0.1) is 0 Å². The molecule has 3 N–H and O–H groups in total. The summed E-state index contributed by atoms with van der Waals surface area (Å²) in [5, 5.41) is 2.60. The summed E-state index contributed by atoms with van der Waals surface area (Å²) in [6, 6.07) is 2.02. The number of hydrogen-bond acceptors (Lipinski definition) is 7. The summed E-state index contributed by atoms with van der Waals surface area (Å²) < 4.78 is 47.2. The molecule has 0 aliphatic heterocycles. The zero-order chi connectivity index (χ0) is 25.0. The lowest BCUT2D eigenvalue weighted by atomic mass is 10.1. The van der Waals surface area contributed by atoms with Crippen molar-refractivity contribution in [1.29, 1.82) is 0 Å². The maximum Gasteiger partial charge on any atom is 0.416 e. The molecule has 184 valence electrons. The Kier molecular flexibility index (Phi) is 7.98. The van der Waals surface area contributed by atoms with Crippen molar-refractivity contribution >= 4 is 46.1 Å². The predicted octanol–water partition coefficient (Wildman–Crippen LogP) is 4.86. The third kappa shape index (κ3) is 5.95. The number of halogens is 5. The van der Waals surface area contributed by atoms with Crippen LogP contribution in [0.5, 0.6) is 0 Å². The molecule has 0 bridgehead atoms. The van der Waals surface area contributed by atoms with Crippen molar-refractivity contribution in [3.8, 4) is 0 Å². The Morgan fingerprint density at radius 3 is 2.65 bits per heavy atom. The maximum atomic E-state index is 13.3. The van der Waals surface area contributed by atoms with Gasteiger partial charge in [0.1, 0.15) is 5.52 Å². The van der Waals surface area contributed by atoms with E-state index < -0.39 is 11.7 Å². The number of nitrogens with one attached hydrogen (secondary N) is 1. The van der Waals surface area contributed by atoms with Crippen molar-refractivity contribution in [3.05, 3.63) is 52.1 Å². The summed E-state index contributed by atoms with van der Waals surface area (Å²) in [6.45, 7) is 4.40. The van der Waals surface area contributed by atoms with E-state index in [4.69, 9.17) is 33.7 Å². The van der Waals surface area contributed by atoms with Gasteiger partial charge in [0.25, 0.3) is 0 Å². The van der Waals surface area contributed by atoms with Gasteiger partial charge in [0.2, 0.25) is 5.95 Å². The number of unbranched alkanes of at least 4 members (excludes halogenated alkanes) is 1. The molecular weight excluding hydrogens is 494 g/mol. The van der Waals surface area contributed by atoms with Gasteiger partial charge in [-0.3, -0.25) is 0 Å². The largest absolute Gasteiger partial charge is 0.480 e. The van der Waals surface area contributed by atoms with Gasteiger partial charge in [-0.05, 0) is 31.6 Å². The Morgan fingerprint density at radius 2 is 1.97 bits per heavy atom. The molecule has 34 heavy (non-hydrogen) atoms. The number of aryl methyl sites for hydroxylation is 1. The number of hydrogen-bond donors (Lipinski definition) is 2. The maximum absolute atomic E-state index is 13.3. The first kappa shape index (κ1) is 25.7. The molecule has 0 radical (unpaired) electrons. The third-order valence-electron chi connectivity index (χ3n) is 4.91. The second kappa shape index (κ2) is 10.6. The molecule has 0 saturated heterocycles. The van der Waals surface area contributed by atoms with Crippen LogP contribution in [0.15, 0.2) is 30.9 Å². The lowest BCUT2D eigenvalue weighted by Gasteiger charge is -2.17. The van der Waals surface area contributed by atoms with Gasteiger partial charge >= 0.3 is 6.18 Å². The Labute approximate surface area is 204 Å². The van der Waals surface area contributed by atoms with Crippen LogP contribution in [-0.2, 0) is 24.0 Å². The minimum atomic E-state index is -4.56. The van der Waals surface area contributed by atoms with Gasteiger partial charge in [0.05, 0.1) is 28.5 Å². The molecule has 0 fully saturated rings. The summed E-state index contributed by atoms with van der Waals surface area (Å²) in [4.78, 5) is 14.7. The topological polar surface area (TPSA) is 94.1 Å². The highest BCUT2D eigenvalue weighted by atomic mass is 35.5. The van der Waals surface area contributed by atoms with Crippen molar-refractivity contribution in [1.82, 2.24) is 24.8 Å². The number of alkyl halides is 3. The summed E-state index contributed by atoms with van der Waals surface area (Å²) in [5.74, 6) is 0.936. The van der Waals surface area contributed by atoms with Gasteiger partial charge in [0, 0.05) is 32.7 Å². The molecule has 2 heterocycles. The number of nitrogen functional groups attached to an aromatic ring is 1. The quantitative estimate of drug-likeness (QED) is 0.293. The van der Waals surface area contributed by atoms with Gasteiger partial charge in [-0.2, -0.15) is 23.1 Å². The number of rotatable bonds is 10. The lowest BCUT2D eigenvalue weighted by molar-refractivity contribution is -0.138. The fourth-order valence-electron chi connectivity index (χ4n) is 3.17. The third-order valence-corrected chi connectivity index (χ3v) is 5.76. The summed E-state index contributed by atoms with van der Waals surface area (Å²) in [7, 11) is 3.65. The van der Waals surface area contributed by atoms with Crippen molar-refractivity contribution in [2.45, 2.75) is 32.1 Å². The molecular formula is C21H24Cl2F3N7O. The highest BCUT2D eigenvalue weighted by Gasteiger charge is 2.34. The molecule has 1 aromatic carbocycles. The lowest BCUT2D eigenvalue weighted by Crippen LogP contribution is -2.19. The molecule has 0 unspecified atom stereocenters. The van der Waals surface area contributed by atoms with Crippen LogP contribution < -0.4 is 16.0 Å². The average molecular weight is 518 g/mol. The fraction of sp³-hybridized carbons (Fsp3) is 0.381. The SMILES string of the molecule is C=C(NCc1c(C(F)(F)F)ccc(Cl)c1Cl)OCCCCn1cnc2c(N)nc(N(C)C)nc21. The normalized spacial score (nSPS) is 11.6. The average Bonchev–Trinajstić information content (AvgIpc) is 3.17. The van der Waals surface area contributed by atoms with E-state index in [9.17, 15) is 13.2 Å². The van der Waals surface area contributed by atoms with Crippen LogP contribution in [0.1, 0.15) is 24.0 Å². The molecule has 8 nitrogen and oxygen atoms in total. The number of nitrogens with two attached hydrogens (primary N) is 1. The Bertz CT molecular complexity index is 1180. The van der Waals surface area contributed by atoms with E-state index in [0.717, 1.165) is 18.6 Å². The van der Waals surface area contributed by atoms with Crippen LogP contribution in [0.2, 0.25) is 10.0 Å². The van der Waals surface area contributed by atoms with Gasteiger partial charge in [0.15, 0.2) is 17.3 Å². The second-order valence-electron chi connectivity index (χ2n) is 7.63. The van der Waals surface area contributed by atoms with Crippen molar-refractivity contribution in [2.75, 3.05) is 31.3 Å². The zero-order valence-electron chi connectivity index (χ0n) is 18.6. The van der Waals surface area contributed by atoms with E-state index in [2.05, 4.69) is 26.8 Å². The molecule has 0 aliphatic carbocycles.